The number of ether oxygens (including phenoxy) is 1. The molecule has 0 spiro atoms. The van der Waals surface area contributed by atoms with Gasteiger partial charge in [0.25, 0.3) is 5.91 Å². The molecule has 1 N–H and O–H groups in total. The molecular weight excluding hydrogens is 254 g/mol. The van der Waals surface area contributed by atoms with Crippen molar-refractivity contribution in [1.82, 2.24) is 9.88 Å². The van der Waals surface area contributed by atoms with Crippen molar-refractivity contribution in [2.75, 3.05) is 39.2 Å². The molecule has 0 aliphatic heterocycles. The number of amides is 1. The monoisotopic (exact) mass is 279 g/mol. The van der Waals surface area contributed by atoms with E-state index < -0.39 is 0 Å². The molecule has 0 bridgehead atoms. The number of carbonyl (C=O) groups excluding carboxylic acids is 1. The van der Waals surface area contributed by atoms with Gasteiger partial charge in [-0.15, -0.1) is 0 Å². The number of methoxy groups -OCH3 is 1. The number of nitrogens with zero attached hydrogens (tertiary/aromatic N) is 2. The van der Waals surface area contributed by atoms with Gasteiger partial charge in [0.15, 0.2) is 0 Å². The molecule has 0 saturated heterocycles. The fraction of sp³-hybridized carbons (Fsp3) is 0.600. The van der Waals surface area contributed by atoms with Crippen LogP contribution in [-0.2, 0) is 4.74 Å². The summed E-state index contributed by atoms with van der Waals surface area (Å²) in [4.78, 5) is 18.7. The van der Waals surface area contributed by atoms with E-state index in [1.165, 1.54) is 0 Å². The van der Waals surface area contributed by atoms with Gasteiger partial charge < -0.3 is 15.0 Å². The highest BCUT2D eigenvalue weighted by molar-refractivity contribution is 5.99. The van der Waals surface area contributed by atoms with Gasteiger partial charge in [0.1, 0.15) is 0 Å². The molecule has 20 heavy (non-hydrogen) atoms. The van der Waals surface area contributed by atoms with Gasteiger partial charge in [-0.05, 0) is 18.9 Å². The number of hydrogen-bond acceptors (Lipinski definition) is 4. The van der Waals surface area contributed by atoms with Gasteiger partial charge in [0.2, 0.25) is 0 Å². The van der Waals surface area contributed by atoms with Gasteiger partial charge in [-0.25, -0.2) is 0 Å². The zero-order valence-corrected chi connectivity index (χ0v) is 13.1. The average Bonchev–Trinajstić information content (AvgIpc) is 2.42. The topological polar surface area (TPSA) is 54.5 Å². The molecule has 0 aliphatic carbocycles. The van der Waals surface area contributed by atoms with Crippen LogP contribution in [-0.4, -0.2) is 49.6 Å². The standard InChI is InChI=1S/C15H25N3O2/c1-11(2)10-18(6-7-20-5)15(19)13-9-17-12(3)8-14(13)16-4/h8-9,11H,6-7,10H2,1-5H3,(H,16,17). The number of rotatable bonds is 7. The average molecular weight is 279 g/mol. The van der Waals surface area contributed by atoms with Crippen molar-refractivity contribution >= 4 is 11.6 Å². The van der Waals surface area contributed by atoms with Crippen LogP contribution in [0, 0.1) is 12.8 Å². The largest absolute Gasteiger partial charge is 0.387 e. The summed E-state index contributed by atoms with van der Waals surface area (Å²) in [5, 5.41) is 3.06. The van der Waals surface area contributed by atoms with E-state index in [0.717, 1.165) is 11.4 Å². The molecule has 0 fully saturated rings. The number of hydrogen-bond donors (Lipinski definition) is 1. The van der Waals surface area contributed by atoms with Crippen LogP contribution < -0.4 is 5.32 Å². The first-order valence-electron chi connectivity index (χ1n) is 6.92. The fourth-order valence-corrected chi connectivity index (χ4v) is 2.03. The molecule has 0 radical (unpaired) electrons. The molecule has 0 unspecified atom stereocenters. The highest BCUT2D eigenvalue weighted by atomic mass is 16.5. The van der Waals surface area contributed by atoms with Crippen LogP contribution in [0.25, 0.3) is 0 Å². The minimum Gasteiger partial charge on any atom is -0.387 e. The molecule has 112 valence electrons. The Bertz CT molecular complexity index is 447. The lowest BCUT2D eigenvalue weighted by molar-refractivity contribution is 0.0673. The van der Waals surface area contributed by atoms with Crippen molar-refractivity contribution in [3.05, 3.63) is 23.5 Å². The van der Waals surface area contributed by atoms with Crippen LogP contribution in [0.4, 0.5) is 5.69 Å². The summed E-state index contributed by atoms with van der Waals surface area (Å²) in [7, 11) is 3.46. The van der Waals surface area contributed by atoms with Crippen molar-refractivity contribution in [3.8, 4) is 0 Å². The molecule has 1 rings (SSSR count). The molecule has 0 aromatic carbocycles. The molecule has 1 heterocycles. The first-order valence-corrected chi connectivity index (χ1v) is 6.92. The lowest BCUT2D eigenvalue weighted by Gasteiger charge is -2.25. The number of nitrogens with one attached hydrogen (secondary N) is 1. The van der Waals surface area contributed by atoms with E-state index >= 15 is 0 Å². The molecule has 5 heteroatoms. The van der Waals surface area contributed by atoms with E-state index in [9.17, 15) is 4.79 Å². The third-order valence-electron chi connectivity index (χ3n) is 2.98. The maximum absolute atomic E-state index is 12.7. The minimum absolute atomic E-state index is 0.00685. The zero-order valence-electron chi connectivity index (χ0n) is 13.1. The van der Waals surface area contributed by atoms with E-state index in [4.69, 9.17) is 4.74 Å². The van der Waals surface area contributed by atoms with E-state index in [1.807, 2.05) is 24.9 Å². The van der Waals surface area contributed by atoms with Crippen molar-refractivity contribution in [2.24, 2.45) is 5.92 Å². The van der Waals surface area contributed by atoms with Crippen LogP contribution in [0.15, 0.2) is 12.3 Å². The quantitative estimate of drug-likeness (QED) is 0.831. The third kappa shape index (κ3) is 4.49. The van der Waals surface area contributed by atoms with Gasteiger partial charge in [0.05, 0.1) is 17.9 Å². The first-order chi connectivity index (χ1) is 9.49. The molecule has 0 aliphatic rings. The Hall–Kier alpha value is -1.62. The number of carbonyl (C=O) groups is 1. The molecule has 0 saturated carbocycles. The number of aryl methyl sites for hydroxylation is 1. The molecule has 5 nitrogen and oxygen atoms in total. The molecule has 1 aromatic rings. The summed E-state index contributed by atoms with van der Waals surface area (Å²) in [6.45, 7) is 7.93. The Kier molecular flexibility index (Phi) is 6.45. The Morgan fingerprint density at radius 3 is 2.75 bits per heavy atom. The van der Waals surface area contributed by atoms with Gasteiger partial charge in [-0.2, -0.15) is 0 Å². The third-order valence-corrected chi connectivity index (χ3v) is 2.98. The van der Waals surface area contributed by atoms with Crippen LogP contribution >= 0.6 is 0 Å². The Morgan fingerprint density at radius 1 is 1.50 bits per heavy atom. The normalized spacial score (nSPS) is 10.7. The van der Waals surface area contributed by atoms with Crippen molar-refractivity contribution in [1.29, 1.82) is 0 Å². The lowest BCUT2D eigenvalue weighted by Crippen LogP contribution is -2.37. The van der Waals surface area contributed by atoms with Crippen LogP contribution in [0.3, 0.4) is 0 Å². The summed E-state index contributed by atoms with van der Waals surface area (Å²) < 4.78 is 5.09. The second kappa shape index (κ2) is 7.85. The number of aromatic nitrogens is 1. The highest BCUT2D eigenvalue weighted by Crippen LogP contribution is 2.18. The predicted molar refractivity (Wildman–Crippen MR) is 81.1 cm³/mol. The maximum atomic E-state index is 12.7. The Labute approximate surface area is 121 Å². The summed E-state index contributed by atoms with van der Waals surface area (Å²) in [5.74, 6) is 0.403. The van der Waals surface area contributed by atoms with E-state index in [-0.39, 0.29) is 5.91 Å². The summed E-state index contributed by atoms with van der Waals surface area (Å²) >= 11 is 0. The van der Waals surface area contributed by atoms with E-state index in [1.54, 1.807) is 13.3 Å². The van der Waals surface area contributed by atoms with Crippen LogP contribution in [0.2, 0.25) is 0 Å². The number of anilines is 1. The molecule has 0 atom stereocenters. The van der Waals surface area contributed by atoms with Crippen molar-refractivity contribution in [2.45, 2.75) is 20.8 Å². The van der Waals surface area contributed by atoms with Gasteiger partial charge in [-0.3, -0.25) is 9.78 Å². The van der Waals surface area contributed by atoms with Gasteiger partial charge in [-0.1, -0.05) is 13.8 Å². The van der Waals surface area contributed by atoms with Crippen LogP contribution in [0.1, 0.15) is 29.9 Å². The molecular formula is C15H25N3O2. The molecule has 1 aromatic heterocycles. The smallest absolute Gasteiger partial charge is 0.257 e. The maximum Gasteiger partial charge on any atom is 0.257 e. The lowest BCUT2D eigenvalue weighted by atomic mass is 10.1. The highest BCUT2D eigenvalue weighted by Gasteiger charge is 2.19. The second-order valence-corrected chi connectivity index (χ2v) is 5.26. The van der Waals surface area contributed by atoms with Gasteiger partial charge >= 0.3 is 0 Å². The second-order valence-electron chi connectivity index (χ2n) is 5.26. The predicted octanol–water partition coefficient (Wildman–Crippen LogP) is 2.18. The van der Waals surface area contributed by atoms with Crippen molar-refractivity contribution < 1.29 is 9.53 Å². The Balaban J connectivity index is 2.98. The summed E-state index contributed by atoms with van der Waals surface area (Å²) in [6.07, 6.45) is 1.64. The first kappa shape index (κ1) is 16.4. The SMILES string of the molecule is CNc1cc(C)ncc1C(=O)N(CCOC)CC(C)C. The van der Waals surface area contributed by atoms with Crippen LogP contribution in [0.5, 0.6) is 0 Å². The minimum atomic E-state index is -0.00685. The van der Waals surface area contributed by atoms with Crippen molar-refractivity contribution in [3.63, 3.8) is 0 Å². The van der Waals surface area contributed by atoms with Gasteiger partial charge in [0, 0.05) is 39.1 Å². The van der Waals surface area contributed by atoms with E-state index in [0.29, 0.717) is 31.2 Å². The fourth-order valence-electron chi connectivity index (χ4n) is 2.03. The zero-order chi connectivity index (χ0) is 15.1. The molecule has 1 amide bonds. The summed E-state index contributed by atoms with van der Waals surface area (Å²) in [6, 6.07) is 1.89. The van der Waals surface area contributed by atoms with E-state index in [2.05, 4.69) is 24.1 Å². The number of pyridine rings is 1. The Morgan fingerprint density at radius 2 is 2.20 bits per heavy atom. The summed E-state index contributed by atoms with van der Waals surface area (Å²) in [5.41, 5.74) is 2.31.